The molecule has 1 aliphatic carbocycles. The molecule has 0 aliphatic heterocycles. The summed E-state index contributed by atoms with van der Waals surface area (Å²) in [6.45, 7) is 0.448. The molecule has 1 aromatic carbocycles. The summed E-state index contributed by atoms with van der Waals surface area (Å²) in [5, 5.41) is 3.62. The number of imidazole rings is 1. The molecular weight excluding hydrogens is 404 g/mol. The molecule has 0 saturated heterocycles. The van der Waals surface area contributed by atoms with E-state index in [4.69, 9.17) is 16.6 Å². The molecule has 1 amide bonds. The molecule has 0 radical (unpaired) electrons. The first kappa shape index (κ1) is 20.2. The minimum Gasteiger partial charge on any atom is -0.351 e. The van der Waals surface area contributed by atoms with Gasteiger partial charge in [-0.1, -0.05) is 49.1 Å². The number of carbonyl (C=O) groups is 1. The molecular formula is C22H25ClN4OS. The maximum Gasteiger partial charge on any atom is 0.230 e. The van der Waals surface area contributed by atoms with Crippen molar-refractivity contribution in [3.8, 4) is 0 Å². The Bertz CT molecular complexity index is 984. The summed E-state index contributed by atoms with van der Waals surface area (Å²) < 4.78 is 2.32. The normalized spacial score (nSPS) is 14.9. The molecule has 5 nitrogen and oxygen atoms in total. The predicted molar refractivity (Wildman–Crippen MR) is 119 cm³/mol. The van der Waals surface area contributed by atoms with Crippen molar-refractivity contribution < 1.29 is 4.79 Å². The average Bonchev–Trinajstić information content (AvgIpc) is 3.12. The fraction of sp³-hybridized carbons (Fsp3) is 0.409. The van der Waals surface area contributed by atoms with Crippen LogP contribution in [0.4, 0.5) is 0 Å². The van der Waals surface area contributed by atoms with Gasteiger partial charge in [-0.25, -0.2) is 9.97 Å². The second-order valence-electron chi connectivity index (χ2n) is 7.40. The smallest absolute Gasteiger partial charge is 0.230 e. The van der Waals surface area contributed by atoms with Crippen LogP contribution in [0.1, 0.15) is 49.5 Å². The van der Waals surface area contributed by atoms with Gasteiger partial charge < -0.3 is 9.88 Å². The van der Waals surface area contributed by atoms with Crippen molar-refractivity contribution in [3.05, 3.63) is 59.0 Å². The van der Waals surface area contributed by atoms with Crippen LogP contribution in [-0.2, 0) is 17.1 Å². The third-order valence-electron chi connectivity index (χ3n) is 5.36. The Hall–Kier alpha value is -2.05. The van der Waals surface area contributed by atoms with Gasteiger partial charge in [-0.15, -0.1) is 11.8 Å². The highest BCUT2D eigenvalue weighted by Crippen LogP contribution is 2.32. The molecule has 2 aromatic heterocycles. The third kappa shape index (κ3) is 4.93. The quantitative estimate of drug-likeness (QED) is 0.566. The van der Waals surface area contributed by atoms with Crippen molar-refractivity contribution in [2.24, 2.45) is 0 Å². The Morgan fingerprint density at radius 1 is 1.17 bits per heavy atom. The lowest BCUT2D eigenvalue weighted by Gasteiger charge is -2.25. The largest absolute Gasteiger partial charge is 0.351 e. The Balaban J connectivity index is 1.38. The summed E-state index contributed by atoms with van der Waals surface area (Å²) >= 11 is 7.74. The van der Waals surface area contributed by atoms with Crippen molar-refractivity contribution in [1.82, 2.24) is 19.9 Å². The van der Waals surface area contributed by atoms with Crippen LogP contribution in [0.5, 0.6) is 0 Å². The van der Waals surface area contributed by atoms with E-state index < -0.39 is 0 Å². The van der Waals surface area contributed by atoms with Gasteiger partial charge in [-0.3, -0.25) is 4.79 Å². The maximum atomic E-state index is 12.3. The van der Waals surface area contributed by atoms with Crippen LogP contribution in [0.2, 0.25) is 5.02 Å². The first-order chi connectivity index (χ1) is 14.2. The molecule has 0 unspecified atom stereocenters. The SMILES string of the molecule is O=C(CSCc1nc2cccnc2n1C1CCCCC1)NCc1ccccc1Cl. The number of amides is 1. The van der Waals surface area contributed by atoms with E-state index in [2.05, 4.69) is 14.9 Å². The highest BCUT2D eigenvalue weighted by Gasteiger charge is 2.22. The molecule has 2 heterocycles. The molecule has 1 fully saturated rings. The third-order valence-corrected chi connectivity index (χ3v) is 6.66. The zero-order valence-electron chi connectivity index (χ0n) is 16.3. The van der Waals surface area contributed by atoms with Crippen LogP contribution in [0, 0.1) is 0 Å². The summed E-state index contributed by atoms with van der Waals surface area (Å²) in [5.41, 5.74) is 2.84. The summed E-state index contributed by atoms with van der Waals surface area (Å²) in [7, 11) is 0. The van der Waals surface area contributed by atoms with Crippen molar-refractivity contribution >= 4 is 40.4 Å². The maximum absolute atomic E-state index is 12.3. The van der Waals surface area contributed by atoms with Gasteiger partial charge >= 0.3 is 0 Å². The standard InChI is InChI=1S/C22H25ClN4OS/c23-18-10-5-4-7-16(18)13-25-21(28)15-29-14-20-26-19-11-6-12-24-22(19)27(20)17-8-2-1-3-9-17/h4-7,10-12,17H,1-3,8-9,13-15H2,(H,25,28). The first-order valence-corrected chi connectivity index (χ1v) is 11.7. The molecule has 7 heteroatoms. The van der Waals surface area contributed by atoms with Crippen LogP contribution < -0.4 is 5.32 Å². The Morgan fingerprint density at radius 3 is 2.83 bits per heavy atom. The van der Waals surface area contributed by atoms with Crippen molar-refractivity contribution in [3.63, 3.8) is 0 Å². The minimum atomic E-state index is 0.00775. The highest BCUT2D eigenvalue weighted by atomic mass is 35.5. The Morgan fingerprint density at radius 2 is 2.00 bits per heavy atom. The van der Waals surface area contributed by atoms with Gasteiger partial charge in [0.2, 0.25) is 5.91 Å². The summed E-state index contributed by atoms with van der Waals surface area (Å²) in [5.74, 6) is 2.13. The number of thioether (sulfide) groups is 1. The van der Waals surface area contributed by atoms with Crippen LogP contribution in [0.15, 0.2) is 42.6 Å². The first-order valence-electron chi connectivity index (χ1n) is 10.1. The number of carbonyl (C=O) groups excluding carboxylic acids is 1. The van der Waals surface area contributed by atoms with E-state index in [1.165, 1.54) is 32.1 Å². The molecule has 1 saturated carbocycles. The monoisotopic (exact) mass is 428 g/mol. The number of pyridine rings is 1. The number of hydrogen-bond donors (Lipinski definition) is 1. The lowest BCUT2D eigenvalue weighted by Crippen LogP contribution is -2.25. The summed E-state index contributed by atoms with van der Waals surface area (Å²) in [6, 6.07) is 12.0. The zero-order valence-corrected chi connectivity index (χ0v) is 17.9. The lowest BCUT2D eigenvalue weighted by molar-refractivity contribution is -0.118. The van der Waals surface area contributed by atoms with E-state index in [1.54, 1.807) is 11.8 Å². The zero-order chi connectivity index (χ0) is 20.1. The van der Waals surface area contributed by atoms with Crippen LogP contribution in [0.3, 0.4) is 0 Å². The lowest BCUT2D eigenvalue weighted by atomic mass is 9.95. The molecule has 1 aliphatic rings. The number of nitrogens with one attached hydrogen (secondary N) is 1. The second kappa shape index (κ2) is 9.63. The van der Waals surface area contributed by atoms with E-state index in [-0.39, 0.29) is 5.91 Å². The highest BCUT2D eigenvalue weighted by molar-refractivity contribution is 7.99. The van der Waals surface area contributed by atoms with Crippen molar-refractivity contribution in [1.29, 1.82) is 0 Å². The van der Waals surface area contributed by atoms with E-state index in [0.717, 1.165) is 22.6 Å². The molecule has 152 valence electrons. The molecule has 0 atom stereocenters. The van der Waals surface area contributed by atoms with Crippen molar-refractivity contribution in [2.75, 3.05) is 5.75 Å². The summed E-state index contributed by atoms with van der Waals surface area (Å²) in [6.07, 6.45) is 8.02. The van der Waals surface area contributed by atoms with Gasteiger partial charge in [0.15, 0.2) is 5.65 Å². The van der Waals surface area contributed by atoms with Gasteiger partial charge in [0, 0.05) is 23.8 Å². The summed E-state index contributed by atoms with van der Waals surface area (Å²) in [4.78, 5) is 21.7. The number of aromatic nitrogens is 3. The van der Waals surface area contributed by atoms with Crippen molar-refractivity contribution in [2.45, 2.75) is 50.4 Å². The van der Waals surface area contributed by atoms with Gasteiger partial charge in [0.05, 0.1) is 11.5 Å². The van der Waals surface area contributed by atoms with E-state index >= 15 is 0 Å². The Kier molecular flexibility index (Phi) is 6.72. The van der Waals surface area contributed by atoms with Crippen LogP contribution >= 0.6 is 23.4 Å². The van der Waals surface area contributed by atoms with Crippen LogP contribution in [-0.4, -0.2) is 26.2 Å². The van der Waals surface area contributed by atoms with E-state index in [9.17, 15) is 4.79 Å². The fourth-order valence-electron chi connectivity index (χ4n) is 3.92. The number of hydrogen-bond acceptors (Lipinski definition) is 4. The molecule has 1 N–H and O–H groups in total. The Labute approximate surface area is 180 Å². The average molecular weight is 429 g/mol. The van der Waals surface area contributed by atoms with E-state index in [1.807, 2.05) is 42.6 Å². The van der Waals surface area contributed by atoms with Gasteiger partial charge in [-0.2, -0.15) is 0 Å². The molecule has 29 heavy (non-hydrogen) atoms. The molecule has 0 spiro atoms. The fourth-order valence-corrected chi connectivity index (χ4v) is 4.90. The molecule has 3 aromatic rings. The molecule has 4 rings (SSSR count). The topological polar surface area (TPSA) is 59.8 Å². The van der Waals surface area contributed by atoms with Gasteiger partial charge in [0.25, 0.3) is 0 Å². The second-order valence-corrected chi connectivity index (χ2v) is 8.79. The number of nitrogens with zero attached hydrogens (tertiary/aromatic N) is 3. The minimum absolute atomic E-state index is 0.00775. The number of rotatable bonds is 7. The predicted octanol–water partition coefficient (Wildman–Crippen LogP) is 5.14. The van der Waals surface area contributed by atoms with Gasteiger partial charge in [0.1, 0.15) is 11.3 Å². The van der Waals surface area contributed by atoms with E-state index in [0.29, 0.717) is 29.1 Å². The number of halogens is 1. The van der Waals surface area contributed by atoms with Gasteiger partial charge in [-0.05, 0) is 36.6 Å². The molecule has 0 bridgehead atoms. The number of benzene rings is 1. The number of fused-ring (bicyclic) bond motifs is 1. The van der Waals surface area contributed by atoms with Crippen LogP contribution in [0.25, 0.3) is 11.2 Å².